The molecule has 7 heteroatoms. The molecular weight excluding hydrogens is 799 g/mol. The van der Waals surface area contributed by atoms with Crippen LogP contribution in [0.15, 0.2) is 70.4 Å². The number of nitrogens with one attached hydrogen (secondary N) is 1. The van der Waals surface area contributed by atoms with E-state index in [-0.39, 0.29) is 44.5 Å². The fraction of sp³-hybridized carbons (Fsp3) is 0.732. The van der Waals surface area contributed by atoms with Gasteiger partial charge in [0.05, 0.1) is 0 Å². The summed E-state index contributed by atoms with van der Waals surface area (Å²) >= 11 is 1.91. The molecule has 0 aromatic rings. The van der Waals surface area contributed by atoms with E-state index < -0.39 is 11.9 Å². The summed E-state index contributed by atoms with van der Waals surface area (Å²) in [5.74, 6) is 1.80. The van der Waals surface area contributed by atoms with Crippen molar-refractivity contribution in [3.8, 4) is 0 Å². The van der Waals surface area contributed by atoms with Crippen LogP contribution in [0.5, 0.6) is 0 Å². The molecule has 5 aliphatic carbocycles. The van der Waals surface area contributed by atoms with Gasteiger partial charge >= 0.3 is 11.9 Å². The van der Waals surface area contributed by atoms with Crippen molar-refractivity contribution in [2.45, 2.75) is 192 Å². The van der Waals surface area contributed by atoms with Crippen molar-refractivity contribution in [2.24, 2.45) is 50.2 Å². The minimum Gasteiger partial charge on any atom is -0.478 e. The first-order valence-electron chi connectivity index (χ1n) is 24.8. The lowest BCUT2D eigenvalue weighted by Crippen LogP contribution is -2.64. The van der Waals surface area contributed by atoms with Crippen LogP contribution in [0.2, 0.25) is 0 Å². The van der Waals surface area contributed by atoms with Crippen molar-refractivity contribution in [1.82, 2.24) is 5.32 Å². The molecule has 2 N–H and O–H groups in total. The van der Waals surface area contributed by atoms with Gasteiger partial charge in [0.2, 0.25) is 5.91 Å². The molecule has 0 aliphatic heterocycles. The lowest BCUT2D eigenvalue weighted by molar-refractivity contribution is -0.211. The molecule has 0 heterocycles. The number of carboxylic acids is 1. The second-order valence-electron chi connectivity index (χ2n) is 23.1. The second-order valence-corrected chi connectivity index (χ2v) is 24.3. The molecule has 9 atom stereocenters. The summed E-state index contributed by atoms with van der Waals surface area (Å²) in [6, 6.07) is 0. The van der Waals surface area contributed by atoms with E-state index in [1.807, 2.05) is 11.8 Å². The van der Waals surface area contributed by atoms with E-state index in [0.29, 0.717) is 24.3 Å². The van der Waals surface area contributed by atoms with Crippen LogP contribution < -0.4 is 5.32 Å². The van der Waals surface area contributed by atoms with Crippen molar-refractivity contribution in [2.75, 3.05) is 18.1 Å². The minimum atomic E-state index is -1.14. The van der Waals surface area contributed by atoms with Gasteiger partial charge < -0.3 is 15.2 Å². The summed E-state index contributed by atoms with van der Waals surface area (Å²) in [4.78, 5) is 37.8. The molecule has 0 saturated heterocycles. The highest BCUT2D eigenvalue weighted by molar-refractivity contribution is 7.99. The molecule has 0 radical (unpaired) electrons. The van der Waals surface area contributed by atoms with E-state index in [1.54, 1.807) is 5.57 Å². The molecule has 5 rings (SSSR count). The van der Waals surface area contributed by atoms with Gasteiger partial charge in [-0.1, -0.05) is 107 Å². The van der Waals surface area contributed by atoms with Gasteiger partial charge in [0.15, 0.2) is 0 Å². The van der Waals surface area contributed by atoms with Gasteiger partial charge in [-0.3, -0.25) is 4.79 Å². The van der Waals surface area contributed by atoms with Crippen LogP contribution in [0, 0.1) is 50.2 Å². The van der Waals surface area contributed by atoms with Crippen molar-refractivity contribution < 1.29 is 24.2 Å². The maximum atomic E-state index is 14.1. The van der Waals surface area contributed by atoms with Crippen LogP contribution >= 0.6 is 11.8 Å². The molecule has 63 heavy (non-hydrogen) atoms. The van der Waals surface area contributed by atoms with E-state index in [4.69, 9.17) is 9.84 Å². The smallest absolute Gasteiger partial charge is 0.331 e. The number of aliphatic carboxylic acids is 1. The van der Waals surface area contributed by atoms with Gasteiger partial charge in [-0.15, -0.1) is 0 Å². The Morgan fingerprint density at radius 2 is 1.38 bits per heavy atom. The molecule has 0 spiro atoms. The van der Waals surface area contributed by atoms with Crippen molar-refractivity contribution in [1.29, 1.82) is 0 Å². The van der Waals surface area contributed by atoms with Gasteiger partial charge in [-0.05, 0) is 177 Å². The largest absolute Gasteiger partial charge is 0.478 e. The second kappa shape index (κ2) is 20.8. The Morgan fingerprint density at radius 3 is 2.02 bits per heavy atom. The zero-order valence-electron chi connectivity index (χ0n) is 41.8. The van der Waals surface area contributed by atoms with Crippen LogP contribution in [-0.4, -0.2) is 47.1 Å². The number of amides is 1. The minimum absolute atomic E-state index is 0.0804. The zero-order chi connectivity index (χ0) is 46.4. The summed E-state index contributed by atoms with van der Waals surface area (Å²) in [6.45, 7) is 28.9. The Bertz CT molecular complexity index is 1860. The summed E-state index contributed by atoms with van der Waals surface area (Å²) in [5, 5.41) is 12.4. The number of ether oxygens (including phenoxy) is 1. The van der Waals surface area contributed by atoms with Crippen molar-refractivity contribution in [3.05, 3.63) is 70.4 Å². The van der Waals surface area contributed by atoms with Gasteiger partial charge in [0.1, 0.15) is 6.10 Å². The Labute approximate surface area is 388 Å². The zero-order valence-corrected chi connectivity index (χ0v) is 42.6. The lowest BCUT2D eigenvalue weighted by atomic mass is 9.33. The summed E-state index contributed by atoms with van der Waals surface area (Å²) in [7, 11) is 0. The Balaban J connectivity index is 1.13. The van der Waals surface area contributed by atoms with Gasteiger partial charge in [0, 0.05) is 41.0 Å². The van der Waals surface area contributed by atoms with Gasteiger partial charge in [0.25, 0.3) is 0 Å². The number of allylic oxidation sites excluding steroid dienone is 9. The SMILES string of the molecule is CC(C)=CCC/C(C)=C/CC/C(C)=C/CC/C(C)=C/CSCCNC(=O)[C@]1(C)CC[C@]2(C)CC[C@]3(C)C(=CCC4[C@@]5(C)CC[C@H](OC(=O)/C=C/C(=O)O)C(C)(C)C5CC[C@]43C)[C@H]2C1. The Hall–Kier alpha value is -2.80. The molecule has 1 amide bonds. The van der Waals surface area contributed by atoms with Crippen LogP contribution in [0.4, 0.5) is 0 Å². The van der Waals surface area contributed by atoms with Crippen molar-refractivity contribution >= 4 is 29.6 Å². The highest BCUT2D eigenvalue weighted by Gasteiger charge is 2.68. The number of esters is 1. The predicted octanol–water partition coefficient (Wildman–Crippen LogP) is 14.3. The molecule has 2 unspecified atom stereocenters. The molecule has 5 aliphatic rings. The first kappa shape index (κ1) is 51.2. The molecule has 4 fully saturated rings. The molecule has 0 bridgehead atoms. The highest BCUT2D eigenvalue weighted by atomic mass is 32.2. The van der Waals surface area contributed by atoms with Crippen LogP contribution in [-0.2, 0) is 19.1 Å². The third-order valence-corrected chi connectivity index (χ3v) is 19.1. The Kier molecular flexibility index (Phi) is 16.9. The number of thioether (sulfide) groups is 1. The summed E-state index contributed by atoms with van der Waals surface area (Å²) < 4.78 is 5.98. The summed E-state index contributed by atoms with van der Waals surface area (Å²) in [6.07, 6.45) is 31.2. The molecule has 0 aromatic carbocycles. The number of hydrogen-bond acceptors (Lipinski definition) is 5. The fourth-order valence-corrected chi connectivity index (χ4v) is 14.6. The fourth-order valence-electron chi connectivity index (χ4n) is 13.8. The number of rotatable bonds is 18. The van der Waals surface area contributed by atoms with E-state index in [0.717, 1.165) is 114 Å². The average Bonchev–Trinajstić information content (AvgIpc) is 3.20. The molecule has 0 aromatic heterocycles. The monoisotopic (exact) mass is 886 g/mol. The third-order valence-electron chi connectivity index (χ3n) is 18.2. The van der Waals surface area contributed by atoms with E-state index in [9.17, 15) is 14.4 Å². The van der Waals surface area contributed by atoms with E-state index in [2.05, 4.69) is 119 Å². The normalized spacial score (nSPS) is 35.4. The van der Waals surface area contributed by atoms with Crippen LogP contribution in [0.3, 0.4) is 0 Å². The van der Waals surface area contributed by atoms with E-state index in [1.165, 1.54) is 35.1 Å². The summed E-state index contributed by atoms with van der Waals surface area (Å²) in [5.41, 5.74) is 7.47. The molecular formula is C56H87NO5S. The quantitative estimate of drug-likeness (QED) is 0.0616. The number of carbonyl (C=O) groups excluding carboxylic acids is 2. The van der Waals surface area contributed by atoms with Crippen LogP contribution in [0.1, 0.15) is 186 Å². The number of carboxylic acid groups (broad SMARTS) is 1. The first-order chi connectivity index (χ1) is 29.5. The van der Waals surface area contributed by atoms with Crippen LogP contribution in [0.25, 0.3) is 0 Å². The average molecular weight is 886 g/mol. The molecule has 4 saturated carbocycles. The van der Waals surface area contributed by atoms with Gasteiger partial charge in [-0.2, -0.15) is 11.8 Å². The highest BCUT2D eigenvalue weighted by Crippen LogP contribution is 2.75. The Morgan fingerprint density at radius 1 is 0.762 bits per heavy atom. The number of hydrogen-bond donors (Lipinski definition) is 2. The predicted molar refractivity (Wildman–Crippen MR) is 264 cm³/mol. The van der Waals surface area contributed by atoms with E-state index >= 15 is 0 Å². The lowest BCUT2D eigenvalue weighted by Gasteiger charge is -2.71. The van der Waals surface area contributed by atoms with Crippen molar-refractivity contribution in [3.63, 3.8) is 0 Å². The first-order valence-corrected chi connectivity index (χ1v) is 25.9. The maximum Gasteiger partial charge on any atom is 0.331 e. The molecule has 6 nitrogen and oxygen atoms in total. The third kappa shape index (κ3) is 11.4. The maximum absolute atomic E-state index is 14.1. The standard InChI is InChI=1S/C56H87NO5S/c1-39(2)16-13-17-40(3)18-14-19-41(4)20-15-21-42(5)28-36-63-37-35-57-50(61)53(9)32-31-52(8)33-34-55(11)43(44(52)38-53)22-23-46-54(10)29-27-47(62-49(60)25-24-48(58)59)51(6,7)45(54)26-30-56(46,55)12/h16,18,20,22,24-25,28,44-47H,13-15,17,19,21,23,26-27,29-38H2,1-12H3,(H,57,61)(H,58,59)/b25-24+,40-18+,41-20+,42-28+/t44-,45?,46?,47+,52-,53-,54+,55-,56-/m1/s1. The van der Waals surface area contributed by atoms with Gasteiger partial charge in [-0.25, -0.2) is 9.59 Å². The topological polar surface area (TPSA) is 92.7 Å². The molecule has 352 valence electrons. The number of fused-ring (bicyclic) bond motifs is 7. The number of carbonyl (C=O) groups is 3.